The molecule has 0 aliphatic carbocycles. The van der Waals surface area contributed by atoms with Crippen LogP contribution < -0.4 is 15.0 Å². The molecule has 3 aromatic rings. The fourth-order valence-electron chi connectivity index (χ4n) is 3.21. The van der Waals surface area contributed by atoms with Crippen LogP contribution in [0.3, 0.4) is 0 Å². The van der Waals surface area contributed by atoms with Crippen molar-refractivity contribution in [2.24, 2.45) is 0 Å². The van der Waals surface area contributed by atoms with E-state index in [2.05, 4.69) is 4.98 Å². The van der Waals surface area contributed by atoms with Crippen molar-refractivity contribution in [2.75, 3.05) is 25.8 Å². The third kappa shape index (κ3) is 4.34. The Hall–Kier alpha value is -2.84. The van der Waals surface area contributed by atoms with Crippen LogP contribution in [0, 0.1) is 0 Å². The number of ketones is 1. The molecule has 2 aromatic carbocycles. The zero-order valence-corrected chi connectivity index (χ0v) is 17.4. The van der Waals surface area contributed by atoms with Gasteiger partial charge in [-0.15, -0.1) is 0 Å². The first-order valence-electron chi connectivity index (χ1n) is 9.80. The highest BCUT2D eigenvalue weighted by Crippen LogP contribution is 2.33. The first-order chi connectivity index (χ1) is 14.7. The minimum atomic E-state index is -0.102. The molecule has 1 aliphatic rings. The largest absolute Gasteiger partial charge is 0.454 e. The van der Waals surface area contributed by atoms with E-state index in [0.717, 1.165) is 0 Å². The topological polar surface area (TPSA) is 79.7 Å². The molecule has 0 saturated heterocycles. The normalized spacial score (nSPS) is 12.4. The van der Waals surface area contributed by atoms with Crippen LogP contribution in [0.2, 0.25) is 0 Å². The van der Waals surface area contributed by atoms with Gasteiger partial charge >= 0.3 is 0 Å². The lowest BCUT2D eigenvalue weighted by atomic mass is 10.1. The molecule has 4 rings (SSSR count). The van der Waals surface area contributed by atoms with Gasteiger partial charge in [0.25, 0.3) is 5.56 Å². The number of nitrogens with zero attached hydrogens (tertiary/aromatic N) is 2. The summed E-state index contributed by atoms with van der Waals surface area (Å²) in [5.74, 6) is 1.30. The molecule has 0 fully saturated rings. The van der Waals surface area contributed by atoms with Gasteiger partial charge in [-0.3, -0.25) is 14.2 Å². The van der Waals surface area contributed by atoms with Crippen LogP contribution in [0.25, 0.3) is 10.9 Å². The number of benzene rings is 2. The lowest BCUT2D eigenvalue weighted by Crippen LogP contribution is -2.24. The molecule has 0 spiro atoms. The second-order valence-corrected chi connectivity index (χ2v) is 7.64. The first-order valence-corrected chi connectivity index (χ1v) is 10.8. The van der Waals surface area contributed by atoms with E-state index in [-0.39, 0.29) is 23.9 Å². The average Bonchev–Trinajstić information content (AvgIpc) is 3.24. The molecule has 0 radical (unpaired) electrons. The summed E-state index contributed by atoms with van der Waals surface area (Å²) in [7, 11) is 0. The second-order valence-electron chi connectivity index (χ2n) is 6.70. The number of Topliss-reactive ketones (excluding diaryl/α,β-unsaturated/α-hetero) is 1. The summed E-state index contributed by atoms with van der Waals surface area (Å²) < 4.78 is 17.7. The van der Waals surface area contributed by atoms with Crippen molar-refractivity contribution in [1.29, 1.82) is 0 Å². The van der Waals surface area contributed by atoms with Gasteiger partial charge in [0.1, 0.15) is 0 Å². The Labute approximate surface area is 178 Å². The van der Waals surface area contributed by atoms with E-state index in [1.54, 1.807) is 28.8 Å². The van der Waals surface area contributed by atoms with Crippen LogP contribution in [0.4, 0.5) is 0 Å². The van der Waals surface area contributed by atoms with Crippen LogP contribution >= 0.6 is 11.8 Å². The minimum absolute atomic E-state index is 0.0680. The van der Waals surface area contributed by atoms with E-state index < -0.39 is 0 Å². The first kappa shape index (κ1) is 20.4. The molecule has 30 heavy (non-hydrogen) atoms. The van der Waals surface area contributed by atoms with E-state index in [4.69, 9.17) is 14.2 Å². The van der Waals surface area contributed by atoms with Gasteiger partial charge in [-0.2, -0.15) is 0 Å². The molecule has 2 heterocycles. The number of hydrogen-bond donors (Lipinski definition) is 0. The predicted octanol–water partition coefficient (Wildman–Crippen LogP) is 3.53. The highest BCUT2D eigenvalue weighted by atomic mass is 32.2. The maximum Gasteiger partial charge on any atom is 0.262 e. The van der Waals surface area contributed by atoms with Crippen molar-refractivity contribution in [3.63, 3.8) is 0 Å². The molecule has 8 heteroatoms. The van der Waals surface area contributed by atoms with Gasteiger partial charge in [-0.25, -0.2) is 4.98 Å². The molecule has 156 valence electrons. The lowest BCUT2D eigenvalue weighted by Gasteiger charge is -2.13. The quantitative estimate of drug-likeness (QED) is 0.224. The Kier molecular flexibility index (Phi) is 6.35. The van der Waals surface area contributed by atoms with Crippen LogP contribution in [0.1, 0.15) is 23.7 Å². The van der Waals surface area contributed by atoms with Gasteiger partial charge in [0.05, 0.1) is 16.7 Å². The molecule has 0 N–H and O–H groups in total. The van der Waals surface area contributed by atoms with Gasteiger partial charge < -0.3 is 14.2 Å². The van der Waals surface area contributed by atoms with Crippen molar-refractivity contribution in [3.8, 4) is 11.5 Å². The van der Waals surface area contributed by atoms with Crippen molar-refractivity contribution >= 4 is 28.4 Å². The molecule has 0 amide bonds. The molecular weight excluding hydrogens is 404 g/mol. The summed E-state index contributed by atoms with van der Waals surface area (Å²) in [6.45, 7) is 3.78. The molecule has 1 aromatic heterocycles. The fourth-order valence-corrected chi connectivity index (χ4v) is 4.13. The summed E-state index contributed by atoms with van der Waals surface area (Å²) in [6, 6.07) is 12.4. The zero-order chi connectivity index (χ0) is 20.9. The van der Waals surface area contributed by atoms with Gasteiger partial charge in [-0.1, -0.05) is 23.9 Å². The third-order valence-corrected chi connectivity index (χ3v) is 5.70. The summed E-state index contributed by atoms with van der Waals surface area (Å²) in [5.41, 5.74) is 1.06. The Balaban J connectivity index is 1.56. The predicted molar refractivity (Wildman–Crippen MR) is 115 cm³/mol. The number of carbonyl (C=O) groups is 1. The molecule has 0 saturated carbocycles. The highest BCUT2D eigenvalue weighted by molar-refractivity contribution is 7.99. The minimum Gasteiger partial charge on any atom is -0.454 e. The Morgan fingerprint density at radius 1 is 1.20 bits per heavy atom. The van der Waals surface area contributed by atoms with Crippen LogP contribution in [0.5, 0.6) is 11.5 Å². The highest BCUT2D eigenvalue weighted by Gasteiger charge is 2.18. The summed E-state index contributed by atoms with van der Waals surface area (Å²) >= 11 is 1.27. The fraction of sp³-hybridized carbons (Fsp3) is 0.318. The van der Waals surface area contributed by atoms with Crippen LogP contribution in [0.15, 0.2) is 52.4 Å². The maximum atomic E-state index is 13.0. The average molecular weight is 426 g/mol. The number of hydrogen-bond acceptors (Lipinski definition) is 7. The van der Waals surface area contributed by atoms with Gasteiger partial charge in [0.15, 0.2) is 22.4 Å². The second kappa shape index (κ2) is 9.32. The van der Waals surface area contributed by atoms with E-state index in [9.17, 15) is 9.59 Å². The Bertz CT molecular complexity index is 1130. The van der Waals surface area contributed by atoms with Crippen LogP contribution in [-0.4, -0.2) is 41.1 Å². The number of rotatable bonds is 9. The number of para-hydroxylation sites is 1. The number of aromatic nitrogens is 2. The molecule has 0 unspecified atom stereocenters. The smallest absolute Gasteiger partial charge is 0.262 e. The van der Waals surface area contributed by atoms with Crippen molar-refractivity contribution in [2.45, 2.75) is 25.0 Å². The lowest BCUT2D eigenvalue weighted by molar-refractivity contribution is 0.102. The summed E-state index contributed by atoms with van der Waals surface area (Å²) in [5, 5.41) is 1.10. The molecule has 7 nitrogen and oxygen atoms in total. The monoisotopic (exact) mass is 426 g/mol. The van der Waals surface area contributed by atoms with Crippen molar-refractivity contribution in [3.05, 3.63) is 58.4 Å². The Morgan fingerprint density at radius 3 is 2.90 bits per heavy atom. The molecular formula is C22H22N2O5S. The number of carbonyl (C=O) groups excluding carboxylic acids is 1. The standard InChI is InChI=1S/C22H22N2O5S/c1-2-27-11-5-10-24-21(26)16-6-3-4-7-17(16)23-22(24)30-13-18(25)15-8-9-19-20(12-15)29-14-28-19/h3-4,6-9,12H,2,5,10-11,13-14H2,1H3. The molecule has 0 bridgehead atoms. The third-order valence-electron chi connectivity index (χ3n) is 4.73. The van der Waals surface area contributed by atoms with E-state index >= 15 is 0 Å². The molecule has 1 aliphatic heterocycles. The van der Waals surface area contributed by atoms with Gasteiger partial charge in [0, 0.05) is 25.3 Å². The van der Waals surface area contributed by atoms with Crippen molar-refractivity contribution in [1.82, 2.24) is 9.55 Å². The summed E-state index contributed by atoms with van der Waals surface area (Å²) in [6.07, 6.45) is 0.692. The molecule has 0 atom stereocenters. The van der Waals surface area contributed by atoms with Gasteiger partial charge in [-0.05, 0) is 43.7 Å². The number of thioether (sulfide) groups is 1. The van der Waals surface area contributed by atoms with Crippen molar-refractivity contribution < 1.29 is 19.0 Å². The van der Waals surface area contributed by atoms with Crippen LogP contribution in [-0.2, 0) is 11.3 Å². The number of ether oxygens (including phenoxy) is 3. The maximum absolute atomic E-state index is 13.0. The Morgan fingerprint density at radius 2 is 2.03 bits per heavy atom. The SMILES string of the molecule is CCOCCCn1c(SCC(=O)c2ccc3c(c2)OCO3)nc2ccccc2c1=O. The van der Waals surface area contributed by atoms with E-state index in [1.165, 1.54) is 11.8 Å². The number of fused-ring (bicyclic) bond motifs is 2. The van der Waals surface area contributed by atoms with E-state index in [1.807, 2.05) is 25.1 Å². The zero-order valence-electron chi connectivity index (χ0n) is 16.6. The summed E-state index contributed by atoms with van der Waals surface area (Å²) in [4.78, 5) is 30.4. The van der Waals surface area contributed by atoms with E-state index in [0.29, 0.717) is 59.3 Å². The van der Waals surface area contributed by atoms with Gasteiger partial charge in [0.2, 0.25) is 6.79 Å².